The van der Waals surface area contributed by atoms with Crippen LogP contribution in [-0.4, -0.2) is 14.7 Å². The monoisotopic (exact) mass is 373 g/mol. The molecule has 18 heavy (non-hydrogen) atoms. The van der Waals surface area contributed by atoms with E-state index in [1.165, 1.54) is 24.4 Å². The number of aromatic nitrogens is 2. The van der Waals surface area contributed by atoms with Gasteiger partial charge in [-0.2, -0.15) is 9.78 Å². The van der Waals surface area contributed by atoms with E-state index in [-0.39, 0.29) is 5.69 Å². The molecule has 0 saturated carbocycles. The van der Waals surface area contributed by atoms with E-state index in [0.717, 1.165) is 4.68 Å². The molecule has 0 radical (unpaired) electrons. The quantitative estimate of drug-likeness (QED) is 0.598. The lowest BCUT2D eigenvalue weighted by molar-refractivity contribution is -0.384. The lowest BCUT2D eigenvalue weighted by Gasteiger charge is -2.05. The zero-order valence-corrected chi connectivity index (χ0v) is 11.9. The molecular formula is C10H5Br2N3O3. The van der Waals surface area contributed by atoms with Gasteiger partial charge in [0.05, 0.1) is 21.3 Å². The molecule has 0 saturated heterocycles. The van der Waals surface area contributed by atoms with Crippen molar-refractivity contribution >= 4 is 37.5 Å². The smallest absolute Gasteiger partial charge is 0.266 e. The van der Waals surface area contributed by atoms with Gasteiger partial charge < -0.3 is 0 Å². The SMILES string of the molecule is O=c1c(Br)c(Br)cnn1-c1cccc([N+](=O)[O-])c1. The number of halogens is 2. The Morgan fingerprint density at radius 1 is 1.33 bits per heavy atom. The number of rotatable bonds is 2. The largest absolute Gasteiger partial charge is 0.286 e. The summed E-state index contributed by atoms with van der Waals surface area (Å²) in [6, 6.07) is 5.70. The van der Waals surface area contributed by atoms with Crippen LogP contribution in [0.15, 0.2) is 44.2 Å². The van der Waals surface area contributed by atoms with Crippen molar-refractivity contribution in [3.05, 3.63) is 59.9 Å². The molecule has 0 atom stereocenters. The Hall–Kier alpha value is -1.54. The second-order valence-electron chi connectivity index (χ2n) is 3.30. The summed E-state index contributed by atoms with van der Waals surface area (Å²) in [6.07, 6.45) is 1.43. The number of nitro benzene ring substituents is 1. The highest BCUT2D eigenvalue weighted by Crippen LogP contribution is 2.19. The third-order valence-electron chi connectivity index (χ3n) is 2.16. The molecule has 0 bridgehead atoms. The van der Waals surface area contributed by atoms with Gasteiger partial charge in [0.15, 0.2) is 0 Å². The fraction of sp³-hybridized carbons (Fsp3) is 0. The Morgan fingerprint density at radius 2 is 2.06 bits per heavy atom. The maximum atomic E-state index is 11.9. The molecule has 92 valence electrons. The summed E-state index contributed by atoms with van der Waals surface area (Å²) < 4.78 is 1.92. The molecule has 0 unspecified atom stereocenters. The van der Waals surface area contributed by atoms with Crippen LogP contribution in [0.2, 0.25) is 0 Å². The molecular weight excluding hydrogens is 370 g/mol. The first-order chi connectivity index (χ1) is 8.50. The third kappa shape index (κ3) is 2.34. The highest BCUT2D eigenvalue weighted by Gasteiger charge is 2.11. The van der Waals surface area contributed by atoms with Gasteiger partial charge in [-0.15, -0.1) is 0 Å². The van der Waals surface area contributed by atoms with Crippen LogP contribution < -0.4 is 5.56 Å². The molecule has 2 aromatic rings. The van der Waals surface area contributed by atoms with E-state index in [9.17, 15) is 14.9 Å². The summed E-state index contributed by atoms with van der Waals surface area (Å²) in [5, 5.41) is 14.6. The molecule has 0 aliphatic carbocycles. The van der Waals surface area contributed by atoms with Crippen LogP contribution >= 0.6 is 31.9 Å². The second kappa shape index (κ2) is 4.99. The third-order valence-corrected chi connectivity index (χ3v) is 4.06. The average molecular weight is 375 g/mol. The van der Waals surface area contributed by atoms with Gasteiger partial charge in [0.2, 0.25) is 0 Å². The molecule has 0 aliphatic heterocycles. The van der Waals surface area contributed by atoms with Crippen molar-refractivity contribution in [2.45, 2.75) is 0 Å². The van der Waals surface area contributed by atoms with Crippen molar-refractivity contribution in [2.75, 3.05) is 0 Å². The van der Waals surface area contributed by atoms with Crippen molar-refractivity contribution in [2.24, 2.45) is 0 Å². The molecule has 1 aromatic heterocycles. The molecule has 2 rings (SSSR count). The zero-order valence-electron chi connectivity index (χ0n) is 8.71. The molecule has 1 heterocycles. The minimum Gasteiger partial charge on any atom is -0.266 e. The Balaban J connectivity index is 2.63. The number of nitrogens with zero attached hydrogens (tertiary/aromatic N) is 3. The Labute approximate surface area is 118 Å². The lowest BCUT2D eigenvalue weighted by Crippen LogP contribution is -2.21. The highest BCUT2D eigenvalue weighted by atomic mass is 79.9. The Bertz CT molecular complexity index is 684. The fourth-order valence-corrected chi connectivity index (χ4v) is 1.87. The van der Waals surface area contributed by atoms with E-state index in [1.54, 1.807) is 6.07 Å². The standard InChI is InChI=1S/C10H5Br2N3O3/c11-8-5-13-14(10(16)9(8)12)6-2-1-3-7(4-6)15(17)18/h1-5H. The van der Waals surface area contributed by atoms with Gasteiger partial charge in [0.25, 0.3) is 11.2 Å². The number of benzene rings is 1. The first kappa shape index (κ1) is 12.9. The van der Waals surface area contributed by atoms with Crippen molar-refractivity contribution in [1.82, 2.24) is 9.78 Å². The minimum absolute atomic E-state index is 0.0970. The summed E-state index contributed by atoms with van der Waals surface area (Å²) in [4.78, 5) is 22.1. The summed E-state index contributed by atoms with van der Waals surface area (Å²) in [6.45, 7) is 0. The predicted octanol–water partition coefficient (Wildman–Crippen LogP) is 2.67. The number of nitro groups is 1. The van der Waals surface area contributed by atoms with Gasteiger partial charge in [-0.25, -0.2) is 0 Å². The van der Waals surface area contributed by atoms with Crippen molar-refractivity contribution < 1.29 is 4.92 Å². The van der Waals surface area contributed by atoms with Crippen molar-refractivity contribution in [3.63, 3.8) is 0 Å². The Morgan fingerprint density at radius 3 is 2.72 bits per heavy atom. The van der Waals surface area contributed by atoms with E-state index >= 15 is 0 Å². The van der Waals surface area contributed by atoms with Crippen LogP contribution in [0.3, 0.4) is 0 Å². The first-order valence-corrected chi connectivity index (χ1v) is 6.27. The number of non-ortho nitro benzene ring substituents is 1. The minimum atomic E-state index is -0.525. The van der Waals surface area contributed by atoms with Crippen LogP contribution in [0.5, 0.6) is 0 Å². The van der Waals surface area contributed by atoms with Crippen LogP contribution in [0.25, 0.3) is 5.69 Å². The lowest BCUT2D eigenvalue weighted by atomic mass is 10.3. The molecule has 0 amide bonds. The van der Waals surface area contributed by atoms with Crippen molar-refractivity contribution in [3.8, 4) is 5.69 Å². The van der Waals surface area contributed by atoms with Crippen LogP contribution in [0.1, 0.15) is 0 Å². The van der Waals surface area contributed by atoms with Crippen LogP contribution in [-0.2, 0) is 0 Å². The molecule has 1 aromatic carbocycles. The van der Waals surface area contributed by atoms with Gasteiger partial charge in [0, 0.05) is 12.1 Å². The van der Waals surface area contributed by atoms with E-state index < -0.39 is 10.5 Å². The topological polar surface area (TPSA) is 78.0 Å². The Kier molecular flexibility index (Phi) is 3.58. The van der Waals surface area contributed by atoms with Gasteiger partial charge in [-0.05, 0) is 37.9 Å². The molecule has 6 nitrogen and oxygen atoms in total. The van der Waals surface area contributed by atoms with E-state index in [4.69, 9.17) is 0 Å². The van der Waals surface area contributed by atoms with Gasteiger partial charge in [-0.3, -0.25) is 14.9 Å². The molecule has 8 heteroatoms. The molecule has 0 aliphatic rings. The van der Waals surface area contributed by atoms with E-state index in [1.807, 2.05) is 0 Å². The van der Waals surface area contributed by atoms with Gasteiger partial charge in [0.1, 0.15) is 4.47 Å². The molecule has 0 spiro atoms. The fourth-order valence-electron chi connectivity index (χ4n) is 1.33. The van der Waals surface area contributed by atoms with Gasteiger partial charge in [-0.1, -0.05) is 6.07 Å². The maximum Gasteiger partial charge on any atom is 0.286 e. The van der Waals surface area contributed by atoms with Crippen LogP contribution in [0, 0.1) is 10.1 Å². The normalized spacial score (nSPS) is 10.3. The maximum absolute atomic E-state index is 11.9. The summed E-state index contributed by atoms with van der Waals surface area (Å²) >= 11 is 6.28. The predicted molar refractivity (Wildman–Crippen MR) is 71.9 cm³/mol. The second-order valence-corrected chi connectivity index (χ2v) is 4.95. The van der Waals surface area contributed by atoms with Gasteiger partial charge >= 0.3 is 0 Å². The number of hydrogen-bond acceptors (Lipinski definition) is 4. The summed E-state index contributed by atoms with van der Waals surface area (Å²) in [7, 11) is 0. The van der Waals surface area contributed by atoms with E-state index in [0.29, 0.717) is 14.6 Å². The number of hydrogen-bond donors (Lipinski definition) is 0. The highest BCUT2D eigenvalue weighted by molar-refractivity contribution is 9.13. The average Bonchev–Trinajstić information content (AvgIpc) is 2.36. The molecule has 0 fully saturated rings. The summed E-state index contributed by atoms with van der Waals surface area (Å²) in [5.41, 5.74) is -0.160. The van der Waals surface area contributed by atoms with Crippen LogP contribution in [0.4, 0.5) is 5.69 Å². The van der Waals surface area contributed by atoms with E-state index in [2.05, 4.69) is 37.0 Å². The first-order valence-electron chi connectivity index (χ1n) is 4.69. The molecule has 0 N–H and O–H groups in total. The van der Waals surface area contributed by atoms with Crippen molar-refractivity contribution in [1.29, 1.82) is 0 Å². The summed E-state index contributed by atoms with van der Waals surface area (Å²) in [5.74, 6) is 0. The zero-order chi connectivity index (χ0) is 13.3.